The van der Waals surface area contributed by atoms with Crippen LogP contribution in [0.2, 0.25) is 36.3 Å². The summed E-state index contributed by atoms with van der Waals surface area (Å²) in [5.41, 5.74) is 1.26. The van der Waals surface area contributed by atoms with Gasteiger partial charge in [-0.05, 0) is 93.2 Å². The molecule has 3 saturated heterocycles. The smallest absolute Gasteiger partial charge is 0.200 e. The van der Waals surface area contributed by atoms with Gasteiger partial charge in [-0.15, -0.1) is 0 Å². The normalized spacial score (nSPS) is 32.0. The molecule has 1 aromatic carbocycles. The summed E-state index contributed by atoms with van der Waals surface area (Å²) < 4.78 is 66.0. The standard InChI is InChI=1S/C47H85IO10Si2/c1-32(2)60(33(3)4,34(5)6)57-41(44(48)40-25-36(8)45(55-40)35(7)22-24-51-28-37-19-17-16-18-20-37)27-43-46(9,58-59(13,14)15)23-21-38-39(54-43)26-42(53-31-50-12)47(10,56-38)29-52-30-49-11/h16-20,32-36,38-45H,21-31H2,1-15H3/t35-,36+,38+,39-,40+,41-,42+,43+,44-,45+,46-,47-/m1/s1. The van der Waals surface area contributed by atoms with Gasteiger partial charge in [-0.2, -0.15) is 0 Å². The Morgan fingerprint density at radius 2 is 1.50 bits per heavy atom. The second-order valence-corrected chi connectivity index (χ2v) is 31.8. The minimum Gasteiger partial charge on any atom is -0.412 e. The van der Waals surface area contributed by atoms with Gasteiger partial charge in [0.15, 0.2) is 8.32 Å². The zero-order valence-electron chi connectivity index (χ0n) is 40.1. The maximum absolute atomic E-state index is 7.92. The number of rotatable bonds is 24. The predicted octanol–water partition coefficient (Wildman–Crippen LogP) is 11.1. The summed E-state index contributed by atoms with van der Waals surface area (Å²) in [7, 11) is -1.11. The van der Waals surface area contributed by atoms with Gasteiger partial charge >= 0.3 is 0 Å². The molecule has 0 N–H and O–H groups in total. The lowest BCUT2D eigenvalue weighted by atomic mass is 9.86. The van der Waals surface area contributed by atoms with E-state index >= 15 is 0 Å². The number of methoxy groups -OCH3 is 2. The van der Waals surface area contributed by atoms with Crippen LogP contribution in [0, 0.1) is 11.8 Å². The minimum absolute atomic E-state index is 0.0572. The third kappa shape index (κ3) is 13.8. The van der Waals surface area contributed by atoms with E-state index in [-0.39, 0.29) is 60.2 Å². The van der Waals surface area contributed by atoms with E-state index in [9.17, 15) is 0 Å². The van der Waals surface area contributed by atoms with Crippen molar-refractivity contribution in [2.24, 2.45) is 11.8 Å². The minimum atomic E-state index is -2.34. The monoisotopic (exact) mass is 992 g/mol. The summed E-state index contributed by atoms with van der Waals surface area (Å²) in [6, 6.07) is 10.4. The number of alkyl halides is 1. The van der Waals surface area contributed by atoms with Gasteiger partial charge in [0.05, 0.1) is 65.5 Å². The van der Waals surface area contributed by atoms with Crippen LogP contribution in [0.15, 0.2) is 30.3 Å². The van der Waals surface area contributed by atoms with Crippen LogP contribution in [0.5, 0.6) is 0 Å². The molecule has 13 heteroatoms. The van der Waals surface area contributed by atoms with Crippen LogP contribution >= 0.6 is 22.6 Å². The molecule has 1 aromatic rings. The van der Waals surface area contributed by atoms with Crippen LogP contribution in [0.25, 0.3) is 0 Å². The van der Waals surface area contributed by atoms with Crippen molar-refractivity contribution in [3.63, 3.8) is 0 Å². The second kappa shape index (κ2) is 23.4. The Morgan fingerprint density at radius 3 is 2.10 bits per heavy atom. The van der Waals surface area contributed by atoms with Crippen molar-refractivity contribution in [1.29, 1.82) is 0 Å². The molecule has 0 saturated carbocycles. The van der Waals surface area contributed by atoms with Crippen molar-refractivity contribution < 1.29 is 46.7 Å². The van der Waals surface area contributed by atoms with E-state index in [0.717, 1.165) is 32.3 Å². The Morgan fingerprint density at radius 1 is 0.850 bits per heavy atom. The van der Waals surface area contributed by atoms with E-state index in [2.05, 4.69) is 136 Å². The molecule has 0 bridgehead atoms. The quantitative estimate of drug-likeness (QED) is 0.0328. The lowest BCUT2D eigenvalue weighted by molar-refractivity contribution is -0.276. The fraction of sp³-hybridized carbons (Fsp3) is 0.872. The maximum Gasteiger partial charge on any atom is 0.200 e. The highest BCUT2D eigenvalue weighted by Gasteiger charge is 2.55. The van der Waals surface area contributed by atoms with Gasteiger partial charge in [0, 0.05) is 33.7 Å². The fourth-order valence-electron chi connectivity index (χ4n) is 10.8. The molecule has 0 spiro atoms. The number of hydrogen-bond acceptors (Lipinski definition) is 10. The zero-order chi connectivity index (χ0) is 44.5. The molecule has 12 atom stereocenters. The molecule has 4 rings (SSSR count). The molecule has 0 radical (unpaired) electrons. The Labute approximate surface area is 381 Å². The third-order valence-electron chi connectivity index (χ3n) is 13.5. The van der Waals surface area contributed by atoms with Crippen molar-refractivity contribution >= 4 is 39.2 Å². The SMILES string of the molecule is COCOC[C@@]1(C)O[C@H]2CC[C@@](C)(O[Si](C)(C)C)[C@H](C[C@@H](O[Si](C(C)C)(C(C)C)C(C)C)[C@H](I)[C@@H]3C[C@H](C)[C@H]([C@H](C)CCOCc4ccccc4)O3)O[C@@H]2C[C@@H]1OCOC. The molecular weight excluding hydrogens is 908 g/mol. The molecule has 3 heterocycles. The Balaban J connectivity index is 1.65. The van der Waals surface area contributed by atoms with Gasteiger partial charge in [-0.1, -0.05) is 108 Å². The second-order valence-electron chi connectivity index (χ2n) is 20.6. The summed E-state index contributed by atoms with van der Waals surface area (Å²) >= 11 is 2.70. The average molecular weight is 993 g/mol. The highest BCUT2D eigenvalue weighted by molar-refractivity contribution is 14.1. The highest BCUT2D eigenvalue weighted by atomic mass is 127. The van der Waals surface area contributed by atoms with E-state index < -0.39 is 27.8 Å². The van der Waals surface area contributed by atoms with E-state index in [4.69, 9.17) is 46.7 Å². The molecular formula is C47H85IO10Si2. The number of fused-ring (bicyclic) bond motifs is 1. The summed E-state index contributed by atoms with van der Waals surface area (Å²) in [4.78, 5) is 0. The Bertz CT molecular complexity index is 1360. The van der Waals surface area contributed by atoms with Crippen LogP contribution in [0.3, 0.4) is 0 Å². The van der Waals surface area contributed by atoms with Gasteiger partial charge in [0.2, 0.25) is 8.32 Å². The van der Waals surface area contributed by atoms with Gasteiger partial charge in [0.1, 0.15) is 19.2 Å². The lowest BCUT2D eigenvalue weighted by Crippen LogP contribution is -2.59. The summed E-state index contributed by atoms with van der Waals surface area (Å²) in [5.74, 6) is 0.806. The van der Waals surface area contributed by atoms with Gasteiger partial charge < -0.3 is 46.7 Å². The first-order valence-corrected chi connectivity index (χ1v) is 29.8. The molecule has 3 aliphatic rings. The van der Waals surface area contributed by atoms with Crippen molar-refractivity contribution in [1.82, 2.24) is 0 Å². The van der Waals surface area contributed by atoms with Crippen molar-refractivity contribution in [3.05, 3.63) is 35.9 Å². The first-order chi connectivity index (χ1) is 28.2. The molecule has 0 unspecified atom stereocenters. The fourth-order valence-corrected chi connectivity index (χ4v) is 19.2. The van der Waals surface area contributed by atoms with E-state index in [0.29, 0.717) is 54.5 Å². The Hall–Kier alpha value is -0.0162. The first-order valence-electron chi connectivity index (χ1n) is 23.0. The molecule has 0 amide bonds. The van der Waals surface area contributed by atoms with E-state index in [1.807, 2.05) is 6.07 Å². The summed E-state index contributed by atoms with van der Waals surface area (Å²) in [6.45, 7) is 32.3. The van der Waals surface area contributed by atoms with Crippen molar-refractivity contribution in [2.45, 2.75) is 208 Å². The Kier molecular flexibility index (Phi) is 20.6. The number of halogens is 1. The van der Waals surface area contributed by atoms with Gasteiger partial charge in [0.25, 0.3) is 0 Å². The van der Waals surface area contributed by atoms with Crippen LogP contribution in [0.1, 0.15) is 113 Å². The topological polar surface area (TPSA) is 92.3 Å². The third-order valence-corrected chi connectivity index (χ3v) is 22.3. The van der Waals surface area contributed by atoms with Crippen LogP contribution in [-0.4, -0.2) is 116 Å². The van der Waals surface area contributed by atoms with Crippen LogP contribution in [-0.2, 0) is 53.4 Å². The molecule has 3 fully saturated rings. The van der Waals surface area contributed by atoms with Gasteiger partial charge in [-0.25, -0.2) is 0 Å². The number of benzene rings is 1. The largest absolute Gasteiger partial charge is 0.412 e. The highest BCUT2D eigenvalue weighted by Crippen LogP contribution is 2.48. The van der Waals surface area contributed by atoms with Crippen molar-refractivity contribution in [3.8, 4) is 0 Å². The summed E-state index contributed by atoms with van der Waals surface area (Å²) in [5, 5.41) is 0. The van der Waals surface area contributed by atoms with E-state index in [1.165, 1.54) is 5.56 Å². The molecule has 0 aliphatic carbocycles. The maximum atomic E-state index is 7.92. The average Bonchev–Trinajstić information content (AvgIpc) is 3.52. The van der Waals surface area contributed by atoms with E-state index in [1.54, 1.807) is 14.2 Å². The molecule has 0 aromatic heterocycles. The van der Waals surface area contributed by atoms with Crippen molar-refractivity contribution in [2.75, 3.05) is 41.0 Å². The number of hydrogen-bond donors (Lipinski definition) is 0. The molecule has 348 valence electrons. The summed E-state index contributed by atoms with van der Waals surface area (Å²) in [6.07, 6.45) is 4.16. The first kappa shape index (κ1) is 52.6. The zero-order valence-corrected chi connectivity index (χ0v) is 44.3. The van der Waals surface area contributed by atoms with Gasteiger partial charge in [-0.3, -0.25) is 0 Å². The molecule has 3 aliphatic heterocycles. The number of ether oxygens (including phenoxy) is 8. The van der Waals surface area contributed by atoms with Crippen LogP contribution < -0.4 is 0 Å². The van der Waals surface area contributed by atoms with Crippen LogP contribution in [0.4, 0.5) is 0 Å². The predicted molar refractivity (Wildman–Crippen MR) is 254 cm³/mol. The molecule has 60 heavy (non-hydrogen) atoms. The lowest BCUT2D eigenvalue weighted by Gasteiger charge is -2.49. The molecule has 10 nitrogen and oxygen atoms in total.